The maximum atomic E-state index is 14.2. The second kappa shape index (κ2) is 35.8. The highest BCUT2D eigenvalue weighted by atomic mass is 35.5. The van der Waals surface area contributed by atoms with Gasteiger partial charge in [0.25, 0.3) is 0 Å². The van der Waals surface area contributed by atoms with Crippen molar-refractivity contribution in [2.45, 2.75) is 102 Å². The number of piperazine rings is 3. The fourth-order valence-electron chi connectivity index (χ4n) is 17.0. The number of amides is 1. The second-order valence-electron chi connectivity index (χ2n) is 31.2. The van der Waals surface area contributed by atoms with Crippen LogP contribution in [0.15, 0.2) is 117 Å². The molecule has 0 unspecified atom stereocenters. The van der Waals surface area contributed by atoms with Crippen LogP contribution in [0.3, 0.4) is 0 Å². The molecule has 27 nitrogen and oxygen atoms in total. The minimum absolute atomic E-state index is 0.0573. The van der Waals surface area contributed by atoms with E-state index in [1.807, 2.05) is 66.0 Å². The summed E-state index contributed by atoms with van der Waals surface area (Å²) in [6, 6.07) is 22.4. The van der Waals surface area contributed by atoms with Crippen LogP contribution in [0.5, 0.6) is 28.7 Å². The molecule has 29 heteroatoms. The van der Waals surface area contributed by atoms with Gasteiger partial charge in [-0.25, -0.2) is 33.6 Å². The molecule has 7 aromatic heterocycles. The first kappa shape index (κ1) is 78.5. The third-order valence-corrected chi connectivity index (χ3v) is 24.2. The van der Waals surface area contributed by atoms with Gasteiger partial charge < -0.3 is 76.4 Å². The van der Waals surface area contributed by atoms with Gasteiger partial charge >= 0.3 is 6.09 Å². The number of hydrogen-bond donors (Lipinski definition) is 0. The van der Waals surface area contributed by atoms with Crippen LogP contribution in [-0.2, 0) is 31.0 Å². The van der Waals surface area contributed by atoms with E-state index < -0.39 is 5.82 Å². The zero-order valence-corrected chi connectivity index (χ0v) is 67.1. The number of methoxy groups -OCH3 is 1. The Hall–Kier alpha value is -9.36. The van der Waals surface area contributed by atoms with Crippen molar-refractivity contribution in [2.75, 3.05) is 189 Å². The van der Waals surface area contributed by atoms with E-state index in [-0.39, 0.29) is 36.4 Å². The van der Waals surface area contributed by atoms with E-state index in [9.17, 15) is 9.18 Å². The molecule has 7 saturated heterocycles. The summed E-state index contributed by atoms with van der Waals surface area (Å²) in [7, 11) is 5.84. The number of piperidine rings is 2. The van der Waals surface area contributed by atoms with Crippen molar-refractivity contribution in [2.24, 2.45) is 0 Å². The Labute approximate surface area is 670 Å². The first-order valence-electron chi connectivity index (χ1n) is 40.6. The molecule has 604 valence electrons. The molecule has 1 atom stereocenters. The van der Waals surface area contributed by atoms with E-state index in [0.717, 1.165) is 207 Å². The molecule has 0 spiro atoms. The molecule has 114 heavy (non-hydrogen) atoms. The van der Waals surface area contributed by atoms with Gasteiger partial charge in [0.2, 0.25) is 6.79 Å². The molecule has 15 heterocycles. The van der Waals surface area contributed by atoms with Gasteiger partial charge in [-0.15, -0.1) is 0 Å². The minimum atomic E-state index is -0.429. The molecule has 0 N–H and O–H groups in total. The monoisotopic (exact) mass is 1580 g/mol. The number of benzene rings is 3. The molecule has 3 aromatic carbocycles. The van der Waals surface area contributed by atoms with Gasteiger partial charge in [0.1, 0.15) is 36.6 Å². The highest BCUT2D eigenvalue weighted by molar-refractivity contribution is 6.31. The fourth-order valence-corrected chi connectivity index (χ4v) is 17.2. The lowest BCUT2D eigenvalue weighted by molar-refractivity contribution is -0.0888. The number of anilines is 2. The van der Waals surface area contributed by atoms with Crippen LogP contribution < -0.4 is 33.5 Å². The maximum absolute atomic E-state index is 14.2. The first-order valence-corrected chi connectivity index (χ1v) is 40.9. The van der Waals surface area contributed by atoms with Crippen molar-refractivity contribution in [1.29, 1.82) is 0 Å². The first-order chi connectivity index (χ1) is 55.7. The number of ether oxygens (including phenoxy) is 9. The number of likely N-dealkylation sites (tertiary alicyclic amines) is 1. The molecule has 0 radical (unpaired) electrons. The molecule has 0 bridgehead atoms. The van der Waals surface area contributed by atoms with Crippen LogP contribution in [0.1, 0.15) is 82.5 Å². The maximum Gasteiger partial charge on any atom is 0.410 e. The van der Waals surface area contributed by atoms with Gasteiger partial charge in [-0.2, -0.15) is 5.10 Å². The predicted octanol–water partition coefficient (Wildman–Crippen LogP) is 11.3. The van der Waals surface area contributed by atoms with E-state index in [1.54, 1.807) is 23.5 Å². The van der Waals surface area contributed by atoms with Crippen LogP contribution in [0.4, 0.5) is 20.6 Å². The SMILES string of the molecule is CCOC1(c2ccc(-c3cc4c(N5CCN(C(=O)O[C@@H]6CCOC6)CC5)cncn4c3)nc2)CCN(C(C)C)CC1.CN1CCN(CCOc2cc(OC3CCOCC3)c3c(Cc4c(Cl)ccc5c4OCO5)ncnc3c2)CC1.COc1cc2c(-c3cnc4cc(N5CCC(N6CCN(C)CC6)CC5)cnn34)ccnc2cc1F. The minimum Gasteiger partial charge on any atom is -0.494 e. The van der Waals surface area contributed by atoms with Crippen molar-refractivity contribution >= 4 is 62.0 Å². The quantitative estimate of drug-likeness (QED) is 0.0733. The summed E-state index contributed by atoms with van der Waals surface area (Å²) in [6.45, 7) is 27.3. The lowest BCUT2D eigenvalue weighted by Gasteiger charge is -2.43. The number of fused-ring (bicyclic) bond motifs is 5. The van der Waals surface area contributed by atoms with Gasteiger partial charge in [0.15, 0.2) is 28.7 Å². The molecular formula is C85H105ClFN17O10. The number of nitrogens with zero attached hydrogens (tertiary/aromatic N) is 17. The van der Waals surface area contributed by atoms with Crippen molar-refractivity contribution in [3.05, 3.63) is 144 Å². The number of aromatic nitrogens is 9. The summed E-state index contributed by atoms with van der Waals surface area (Å²) >= 11 is 6.61. The van der Waals surface area contributed by atoms with Gasteiger partial charge in [0.05, 0.1) is 114 Å². The number of imidazole rings is 1. The zero-order chi connectivity index (χ0) is 78.2. The Morgan fingerprint density at radius 3 is 2.25 bits per heavy atom. The molecule has 10 aromatic rings. The molecular weight excluding hydrogens is 1470 g/mol. The summed E-state index contributed by atoms with van der Waals surface area (Å²) in [6.07, 6.45) is 21.8. The van der Waals surface area contributed by atoms with Crippen LogP contribution >= 0.6 is 11.6 Å². The highest BCUT2D eigenvalue weighted by Gasteiger charge is 2.39. The van der Waals surface area contributed by atoms with Crippen LogP contribution in [0.25, 0.3) is 55.5 Å². The Morgan fingerprint density at radius 1 is 0.728 bits per heavy atom. The van der Waals surface area contributed by atoms with E-state index in [1.165, 1.54) is 39.1 Å². The normalized spacial score (nSPS) is 19.7. The topological polar surface area (TPSA) is 225 Å². The van der Waals surface area contributed by atoms with E-state index >= 15 is 0 Å². The largest absolute Gasteiger partial charge is 0.494 e. The molecule has 18 rings (SSSR count). The van der Waals surface area contributed by atoms with E-state index in [2.05, 4.69) is 129 Å². The van der Waals surface area contributed by atoms with Crippen molar-refractivity contribution in [3.63, 3.8) is 0 Å². The molecule has 8 aliphatic rings. The second-order valence-corrected chi connectivity index (χ2v) is 31.6. The highest BCUT2D eigenvalue weighted by Crippen LogP contribution is 2.44. The predicted molar refractivity (Wildman–Crippen MR) is 436 cm³/mol. The number of carbonyl (C=O) groups excluding carboxylic acids is 1. The van der Waals surface area contributed by atoms with Crippen LogP contribution in [-0.4, -0.2) is 283 Å². The van der Waals surface area contributed by atoms with Gasteiger partial charge in [-0.1, -0.05) is 17.7 Å². The summed E-state index contributed by atoms with van der Waals surface area (Å²) in [5.41, 5.74) is 11.6. The molecule has 1 amide bonds. The smallest absolute Gasteiger partial charge is 0.410 e. The lowest BCUT2D eigenvalue weighted by atomic mass is 9.84. The van der Waals surface area contributed by atoms with Crippen molar-refractivity contribution < 1.29 is 51.8 Å². The average Bonchev–Trinajstić information content (AvgIpc) is 1.55. The van der Waals surface area contributed by atoms with Gasteiger partial charge in [0, 0.05) is 231 Å². The number of halogens is 2. The Bertz CT molecular complexity index is 4930. The Morgan fingerprint density at radius 2 is 1.51 bits per heavy atom. The molecule has 0 aliphatic carbocycles. The fraction of sp³-hybridized carbons (Fsp3) is 0.506. The number of likely N-dealkylation sites (N-methyl/N-ethyl adjacent to an activating group) is 2. The summed E-state index contributed by atoms with van der Waals surface area (Å²) in [5.74, 6) is 2.59. The summed E-state index contributed by atoms with van der Waals surface area (Å²) in [5, 5.41) is 7.01. The Balaban J connectivity index is 0.000000129. The standard InChI is InChI=1S/C31H42N6O4.C28H33ClN4O5.C26H30FN7O/c1-4-40-31(8-10-34(11-9-31)23(2)3)25-5-6-27(33-18-25)24-17-28-29(19-32-22-37(28)20-24)35-12-14-36(15-13-35)30(38)41-26-7-16-39-21-26;1-32-6-8-33(9-7-32)10-13-35-20-14-23-27(26(15-20)38-19-4-11-34-12-5-19)24(31-17-30-23)16-21-22(29)2-3-25-28(21)37-18-36-25;1-31-9-11-33(12-10-31)18-4-7-32(8-5-18)19-13-26-29-17-24(34(26)30-16-19)20-3-6-28-23-15-22(27)25(35-2)14-21(20)23/h5-6,17-20,22-23,26H,4,7-16,21H2,1-3H3;2-3,14-15,17,19H,4-13,16,18H2,1H3;3,6,13-18H,4-5,7-12H2,1-2H3/t26-;;/m1../s1. The van der Waals surface area contributed by atoms with Crippen molar-refractivity contribution in [1.82, 2.24) is 73.3 Å². The van der Waals surface area contributed by atoms with Gasteiger partial charge in [-0.05, 0) is 96.9 Å². The van der Waals surface area contributed by atoms with E-state index in [0.29, 0.717) is 93.3 Å². The van der Waals surface area contributed by atoms with E-state index in [4.69, 9.17) is 64.3 Å². The summed E-state index contributed by atoms with van der Waals surface area (Å²) < 4.78 is 70.3. The molecule has 7 fully saturated rings. The summed E-state index contributed by atoms with van der Waals surface area (Å²) in [4.78, 5) is 59.1. The average molecular weight is 1580 g/mol. The van der Waals surface area contributed by atoms with Gasteiger partial charge in [-0.3, -0.25) is 19.8 Å². The van der Waals surface area contributed by atoms with Crippen molar-refractivity contribution in [3.8, 4) is 51.3 Å². The Kier molecular flexibility index (Phi) is 24.7. The third-order valence-electron chi connectivity index (χ3n) is 23.8. The zero-order valence-electron chi connectivity index (χ0n) is 66.3. The van der Waals surface area contributed by atoms with Crippen LogP contribution in [0.2, 0.25) is 5.02 Å². The molecule has 8 aliphatic heterocycles. The number of pyridine rings is 2. The third kappa shape index (κ3) is 17.7. The number of hydrogen-bond acceptors (Lipinski definition) is 24. The lowest BCUT2D eigenvalue weighted by Crippen LogP contribution is -2.52. The van der Waals surface area contributed by atoms with Crippen LogP contribution in [0, 0.1) is 5.82 Å². The number of carbonyl (C=O) groups is 1. The molecule has 0 saturated carbocycles. The number of rotatable bonds is 19.